The summed E-state index contributed by atoms with van der Waals surface area (Å²) in [5.41, 5.74) is 8.19. The van der Waals surface area contributed by atoms with Crippen LogP contribution in [0.5, 0.6) is 0 Å². The Bertz CT molecular complexity index is 70.0. The highest BCUT2D eigenvalue weighted by Crippen LogP contribution is 1.95. The molecule has 0 spiro atoms. The minimum absolute atomic E-state index is 0.136. The summed E-state index contributed by atoms with van der Waals surface area (Å²) < 4.78 is 4.33. The van der Waals surface area contributed by atoms with Crippen molar-refractivity contribution < 1.29 is 4.28 Å². The summed E-state index contributed by atoms with van der Waals surface area (Å²) in [4.78, 5) is 0. The fraction of sp³-hybridized carbons (Fsp3) is 1.00. The zero-order valence-corrected chi connectivity index (χ0v) is 6.69. The van der Waals surface area contributed by atoms with Crippen LogP contribution in [0.1, 0.15) is 13.8 Å². The molecule has 0 amide bonds. The van der Waals surface area contributed by atoms with Gasteiger partial charge in [0.05, 0.1) is 0 Å². The van der Waals surface area contributed by atoms with Crippen molar-refractivity contribution in [2.24, 2.45) is 11.7 Å². The molecule has 9 heavy (non-hydrogen) atoms. The second-order valence-corrected chi connectivity index (χ2v) is 2.53. The molecule has 56 valence electrons. The normalized spacial score (nSPS) is 14.3. The molecule has 4 heteroatoms. The molecule has 0 saturated carbocycles. The van der Waals surface area contributed by atoms with Crippen LogP contribution >= 0.6 is 12.9 Å². The minimum Gasteiger partial charge on any atom is -0.326 e. The number of nitrogens with one attached hydrogen (secondary N) is 1. The molecule has 0 saturated heterocycles. The lowest BCUT2D eigenvalue weighted by Gasteiger charge is -2.13. The fourth-order valence-corrected chi connectivity index (χ4v) is 0.444. The molecule has 0 bridgehead atoms. The highest BCUT2D eigenvalue weighted by Gasteiger charge is 2.05. The third-order valence-corrected chi connectivity index (χ3v) is 1.37. The predicted molar refractivity (Wildman–Crippen MR) is 40.9 cm³/mol. The Morgan fingerprint density at radius 3 is 2.56 bits per heavy atom. The summed E-state index contributed by atoms with van der Waals surface area (Å²) >= 11 is 3.50. The Hall–Kier alpha value is 0.230. The number of hydrogen-bond donors (Lipinski definition) is 3. The fourth-order valence-electron chi connectivity index (χ4n) is 0.369. The van der Waals surface area contributed by atoms with E-state index in [-0.39, 0.29) is 6.04 Å². The van der Waals surface area contributed by atoms with Crippen molar-refractivity contribution >= 4 is 12.9 Å². The lowest BCUT2D eigenvalue weighted by atomic mass is 10.1. The van der Waals surface area contributed by atoms with Crippen molar-refractivity contribution in [2.45, 2.75) is 19.9 Å². The highest BCUT2D eigenvalue weighted by molar-refractivity contribution is 7.75. The van der Waals surface area contributed by atoms with Crippen molar-refractivity contribution in [1.82, 2.24) is 5.48 Å². The molecule has 3 N–H and O–H groups in total. The van der Waals surface area contributed by atoms with Crippen LogP contribution in [-0.2, 0) is 4.28 Å². The largest absolute Gasteiger partial charge is 0.326 e. The minimum atomic E-state index is 0.136. The first kappa shape index (κ1) is 9.23. The van der Waals surface area contributed by atoms with Gasteiger partial charge in [-0.25, -0.2) is 4.28 Å². The molecule has 0 aliphatic carbocycles. The summed E-state index contributed by atoms with van der Waals surface area (Å²) in [5.74, 6) is 0.473. The zero-order valence-electron chi connectivity index (χ0n) is 5.79. The van der Waals surface area contributed by atoms with E-state index < -0.39 is 0 Å². The average Bonchev–Trinajstić information content (AvgIpc) is 1.82. The van der Waals surface area contributed by atoms with Gasteiger partial charge in [-0.1, -0.05) is 13.8 Å². The van der Waals surface area contributed by atoms with E-state index in [2.05, 4.69) is 36.5 Å². The van der Waals surface area contributed by atoms with Gasteiger partial charge < -0.3 is 5.73 Å². The van der Waals surface area contributed by atoms with E-state index in [1.54, 1.807) is 0 Å². The van der Waals surface area contributed by atoms with Crippen molar-refractivity contribution in [3.63, 3.8) is 0 Å². The zero-order chi connectivity index (χ0) is 7.28. The summed E-state index contributed by atoms with van der Waals surface area (Å²) in [7, 11) is 0. The van der Waals surface area contributed by atoms with Crippen molar-refractivity contribution in [2.75, 3.05) is 6.54 Å². The van der Waals surface area contributed by atoms with Crippen LogP contribution in [0.2, 0.25) is 0 Å². The standard InChI is InChI=1S/C5H14N2OS/c1-4(2)5(6)3-7-8-9/h4-5,7,9H,3,6H2,1-2H3. The Kier molecular flexibility index (Phi) is 5.18. The summed E-state index contributed by atoms with van der Waals surface area (Å²) in [6.07, 6.45) is 0. The number of hydrogen-bond acceptors (Lipinski definition) is 4. The molecular formula is C5H14N2OS. The van der Waals surface area contributed by atoms with Crippen LogP contribution in [0, 0.1) is 5.92 Å². The third-order valence-electron chi connectivity index (χ3n) is 1.24. The molecule has 0 heterocycles. The summed E-state index contributed by atoms with van der Waals surface area (Å²) in [6.45, 7) is 4.76. The number of nitrogens with two attached hydrogens (primary N) is 1. The van der Waals surface area contributed by atoms with Crippen molar-refractivity contribution in [1.29, 1.82) is 0 Å². The summed E-state index contributed by atoms with van der Waals surface area (Å²) in [6, 6.07) is 0.136. The highest BCUT2D eigenvalue weighted by atomic mass is 32.1. The molecule has 0 rings (SSSR count). The van der Waals surface area contributed by atoms with Gasteiger partial charge in [-0.05, 0) is 18.8 Å². The predicted octanol–water partition coefficient (Wildman–Crippen LogP) is 0.336. The first-order chi connectivity index (χ1) is 4.18. The lowest BCUT2D eigenvalue weighted by Crippen LogP contribution is -2.36. The Balaban J connectivity index is 3.16. The van der Waals surface area contributed by atoms with Gasteiger partial charge in [-0.3, -0.25) is 0 Å². The van der Waals surface area contributed by atoms with Gasteiger partial charge in [0.2, 0.25) is 0 Å². The Labute approximate surface area is 61.5 Å². The molecule has 1 unspecified atom stereocenters. The number of rotatable bonds is 4. The van der Waals surface area contributed by atoms with Crippen LogP contribution in [0.3, 0.4) is 0 Å². The van der Waals surface area contributed by atoms with Crippen LogP contribution < -0.4 is 11.2 Å². The van der Waals surface area contributed by atoms with Gasteiger partial charge in [-0.2, -0.15) is 5.48 Å². The van der Waals surface area contributed by atoms with Gasteiger partial charge in [0.15, 0.2) is 0 Å². The summed E-state index contributed by atoms with van der Waals surface area (Å²) in [5, 5.41) is 0. The SMILES string of the molecule is CC(C)C(N)CNOS. The molecule has 0 aromatic heterocycles. The number of thiol groups is 1. The van der Waals surface area contributed by atoms with E-state index >= 15 is 0 Å². The lowest BCUT2D eigenvalue weighted by molar-refractivity contribution is 0.223. The van der Waals surface area contributed by atoms with E-state index in [0.717, 1.165) is 0 Å². The topological polar surface area (TPSA) is 47.3 Å². The van der Waals surface area contributed by atoms with Crippen molar-refractivity contribution in [3.8, 4) is 0 Å². The van der Waals surface area contributed by atoms with Crippen LogP contribution in [-0.4, -0.2) is 12.6 Å². The first-order valence-corrected chi connectivity index (χ1v) is 3.34. The second-order valence-electron chi connectivity index (χ2n) is 2.35. The monoisotopic (exact) mass is 150 g/mol. The molecule has 0 aromatic carbocycles. The molecule has 0 fully saturated rings. The molecule has 3 nitrogen and oxygen atoms in total. The van der Waals surface area contributed by atoms with E-state index in [9.17, 15) is 0 Å². The van der Waals surface area contributed by atoms with Gasteiger partial charge in [0.1, 0.15) is 0 Å². The van der Waals surface area contributed by atoms with E-state index in [0.29, 0.717) is 12.5 Å². The second kappa shape index (κ2) is 5.05. The van der Waals surface area contributed by atoms with Crippen LogP contribution in [0.4, 0.5) is 0 Å². The molecule has 0 aliphatic heterocycles. The maximum Gasteiger partial charge on any atom is 0.0376 e. The van der Waals surface area contributed by atoms with Gasteiger partial charge in [0.25, 0.3) is 0 Å². The smallest absolute Gasteiger partial charge is 0.0376 e. The van der Waals surface area contributed by atoms with Crippen molar-refractivity contribution in [3.05, 3.63) is 0 Å². The quantitative estimate of drug-likeness (QED) is 0.307. The van der Waals surface area contributed by atoms with Crippen LogP contribution in [0.25, 0.3) is 0 Å². The van der Waals surface area contributed by atoms with Gasteiger partial charge in [-0.15, -0.1) is 0 Å². The molecule has 0 radical (unpaired) electrons. The van der Waals surface area contributed by atoms with Crippen LogP contribution in [0.15, 0.2) is 0 Å². The first-order valence-electron chi connectivity index (χ1n) is 2.97. The van der Waals surface area contributed by atoms with E-state index in [4.69, 9.17) is 5.73 Å². The van der Waals surface area contributed by atoms with Gasteiger partial charge in [0, 0.05) is 12.6 Å². The average molecular weight is 150 g/mol. The molecular weight excluding hydrogens is 136 g/mol. The van der Waals surface area contributed by atoms with Gasteiger partial charge >= 0.3 is 0 Å². The van der Waals surface area contributed by atoms with E-state index in [1.807, 2.05) is 0 Å². The Morgan fingerprint density at radius 2 is 2.22 bits per heavy atom. The number of hydroxylamine groups is 1. The molecule has 0 aliphatic rings. The molecule has 0 aromatic rings. The van der Waals surface area contributed by atoms with E-state index in [1.165, 1.54) is 0 Å². The maximum absolute atomic E-state index is 5.63. The Morgan fingerprint density at radius 1 is 1.67 bits per heavy atom. The maximum atomic E-state index is 5.63. The molecule has 1 atom stereocenters. The third kappa shape index (κ3) is 4.72.